The molecule has 1 aromatic rings. The molecule has 2 heterocycles. The van der Waals surface area contributed by atoms with Crippen LogP contribution in [0.1, 0.15) is 25.3 Å². The van der Waals surface area contributed by atoms with Gasteiger partial charge >= 0.3 is 5.97 Å². The summed E-state index contributed by atoms with van der Waals surface area (Å²) in [6, 6.07) is 1.51. The lowest BCUT2D eigenvalue weighted by atomic mass is 9.98. The molecule has 1 atom stereocenters. The summed E-state index contributed by atoms with van der Waals surface area (Å²) in [5.74, 6) is 0.367. The smallest absolute Gasteiger partial charge is 0.310 e. The van der Waals surface area contributed by atoms with E-state index in [0.717, 1.165) is 24.9 Å². The first-order valence-electron chi connectivity index (χ1n) is 7.05. The van der Waals surface area contributed by atoms with Gasteiger partial charge in [0, 0.05) is 19.2 Å². The number of hydrogen-bond acceptors (Lipinski definition) is 6. The molecule has 0 aromatic carbocycles. The maximum absolute atomic E-state index is 11.8. The number of nitrogens with zero attached hydrogens (tertiary/aromatic N) is 3. The van der Waals surface area contributed by atoms with Crippen molar-refractivity contribution in [2.75, 3.05) is 24.6 Å². The number of ether oxygens (including phenoxy) is 1. The maximum Gasteiger partial charge on any atom is 0.310 e. The Morgan fingerprint density at radius 2 is 2.38 bits per heavy atom. The van der Waals surface area contributed by atoms with Gasteiger partial charge in [-0.15, -0.1) is 0 Å². The summed E-state index contributed by atoms with van der Waals surface area (Å²) in [5, 5.41) is 10.7. The summed E-state index contributed by atoms with van der Waals surface area (Å²) < 4.78 is 5.07. The number of hydrogen-bond donors (Lipinski definition) is 0. The van der Waals surface area contributed by atoms with Crippen LogP contribution < -0.4 is 4.90 Å². The minimum Gasteiger partial charge on any atom is -0.466 e. The summed E-state index contributed by atoms with van der Waals surface area (Å²) in [5.41, 5.74) is 0.726. The number of nitro groups is 1. The summed E-state index contributed by atoms with van der Waals surface area (Å²) in [7, 11) is 0. The predicted octanol–water partition coefficient (Wildman–Crippen LogP) is 2.08. The van der Waals surface area contributed by atoms with Gasteiger partial charge in [0.15, 0.2) is 0 Å². The third kappa shape index (κ3) is 3.48. The van der Waals surface area contributed by atoms with Crippen LogP contribution in [0.5, 0.6) is 0 Å². The van der Waals surface area contributed by atoms with Crippen molar-refractivity contribution in [3.63, 3.8) is 0 Å². The van der Waals surface area contributed by atoms with E-state index in [1.807, 2.05) is 4.90 Å². The van der Waals surface area contributed by atoms with Gasteiger partial charge in [0.05, 0.1) is 17.4 Å². The molecule has 0 saturated carbocycles. The predicted molar refractivity (Wildman–Crippen MR) is 77.2 cm³/mol. The van der Waals surface area contributed by atoms with Crippen LogP contribution in [-0.2, 0) is 9.53 Å². The fourth-order valence-electron chi connectivity index (χ4n) is 2.61. The molecule has 1 aliphatic rings. The topological polar surface area (TPSA) is 85.6 Å². The third-order valence-corrected chi connectivity index (χ3v) is 3.59. The zero-order valence-electron chi connectivity index (χ0n) is 12.2. The van der Waals surface area contributed by atoms with Crippen LogP contribution >= 0.6 is 0 Å². The van der Waals surface area contributed by atoms with Gasteiger partial charge in [-0.3, -0.25) is 14.9 Å². The Kier molecular flexibility index (Phi) is 4.72. The number of anilines is 1. The highest BCUT2D eigenvalue weighted by Gasteiger charge is 2.28. The first kappa shape index (κ1) is 15.2. The van der Waals surface area contributed by atoms with E-state index in [-0.39, 0.29) is 17.6 Å². The van der Waals surface area contributed by atoms with Gasteiger partial charge in [-0.1, -0.05) is 0 Å². The molecule has 7 nitrogen and oxygen atoms in total. The molecule has 1 saturated heterocycles. The quantitative estimate of drug-likeness (QED) is 0.480. The normalized spacial score (nSPS) is 18.4. The number of esters is 1. The Bertz CT molecular complexity index is 547. The molecule has 1 unspecified atom stereocenters. The van der Waals surface area contributed by atoms with Crippen molar-refractivity contribution in [2.24, 2.45) is 5.92 Å². The van der Waals surface area contributed by atoms with Crippen LogP contribution in [0, 0.1) is 23.0 Å². The largest absolute Gasteiger partial charge is 0.466 e. The van der Waals surface area contributed by atoms with E-state index in [1.165, 1.54) is 12.3 Å². The number of carbonyl (C=O) groups excluding carboxylic acids is 1. The van der Waals surface area contributed by atoms with Crippen molar-refractivity contribution in [1.29, 1.82) is 0 Å². The van der Waals surface area contributed by atoms with Crippen molar-refractivity contribution >= 4 is 17.5 Å². The number of carbonyl (C=O) groups is 1. The summed E-state index contributed by atoms with van der Waals surface area (Å²) in [6.07, 6.45) is 2.94. The number of rotatable bonds is 4. The Morgan fingerprint density at radius 1 is 1.62 bits per heavy atom. The SMILES string of the molecule is CCOC(=O)C1CCCN(c2ncc([N+](=O)[O-])cc2C)C1. The minimum absolute atomic E-state index is 0.0183. The summed E-state index contributed by atoms with van der Waals surface area (Å²) in [6.45, 7) is 5.31. The van der Waals surface area contributed by atoms with Crippen molar-refractivity contribution in [3.8, 4) is 0 Å². The zero-order chi connectivity index (χ0) is 15.4. The molecule has 21 heavy (non-hydrogen) atoms. The van der Waals surface area contributed by atoms with E-state index in [9.17, 15) is 14.9 Å². The lowest BCUT2D eigenvalue weighted by Gasteiger charge is -2.33. The van der Waals surface area contributed by atoms with Crippen LogP contribution in [0.15, 0.2) is 12.3 Å². The number of pyridine rings is 1. The molecule has 0 spiro atoms. The Morgan fingerprint density at radius 3 is 3.00 bits per heavy atom. The third-order valence-electron chi connectivity index (χ3n) is 3.59. The average molecular weight is 293 g/mol. The second kappa shape index (κ2) is 6.51. The monoisotopic (exact) mass is 293 g/mol. The molecular formula is C14H19N3O4. The van der Waals surface area contributed by atoms with Gasteiger partial charge in [0.1, 0.15) is 12.0 Å². The minimum atomic E-state index is -0.457. The second-order valence-corrected chi connectivity index (χ2v) is 5.13. The summed E-state index contributed by atoms with van der Waals surface area (Å²) >= 11 is 0. The molecule has 1 fully saturated rings. The van der Waals surface area contributed by atoms with E-state index < -0.39 is 4.92 Å². The molecule has 114 valence electrons. The Labute approximate surface area is 123 Å². The second-order valence-electron chi connectivity index (χ2n) is 5.13. The van der Waals surface area contributed by atoms with Gasteiger partial charge in [0.25, 0.3) is 5.69 Å². The fraction of sp³-hybridized carbons (Fsp3) is 0.571. The molecule has 2 rings (SSSR count). The molecule has 0 bridgehead atoms. The number of aromatic nitrogens is 1. The first-order valence-corrected chi connectivity index (χ1v) is 7.05. The van der Waals surface area contributed by atoms with Crippen LogP contribution in [0.4, 0.5) is 11.5 Å². The van der Waals surface area contributed by atoms with Crippen molar-refractivity contribution < 1.29 is 14.5 Å². The van der Waals surface area contributed by atoms with Gasteiger partial charge < -0.3 is 9.64 Å². The van der Waals surface area contributed by atoms with E-state index in [4.69, 9.17) is 4.74 Å². The van der Waals surface area contributed by atoms with E-state index in [1.54, 1.807) is 13.8 Å². The van der Waals surface area contributed by atoms with E-state index >= 15 is 0 Å². The van der Waals surface area contributed by atoms with Crippen molar-refractivity contribution in [1.82, 2.24) is 4.98 Å². The molecule has 7 heteroatoms. The molecule has 0 N–H and O–H groups in total. The van der Waals surface area contributed by atoms with Gasteiger partial charge in [-0.05, 0) is 32.3 Å². The summed E-state index contributed by atoms with van der Waals surface area (Å²) in [4.78, 5) is 28.3. The molecule has 0 radical (unpaired) electrons. The fourth-order valence-corrected chi connectivity index (χ4v) is 2.61. The lowest BCUT2D eigenvalue weighted by molar-refractivity contribution is -0.385. The standard InChI is InChI=1S/C14H19N3O4/c1-3-21-14(18)11-5-4-6-16(9-11)13-10(2)7-12(8-15-13)17(19)20/h7-8,11H,3-6,9H2,1-2H3. The van der Waals surface area contributed by atoms with Crippen molar-refractivity contribution in [3.05, 3.63) is 27.9 Å². The highest BCUT2D eigenvalue weighted by molar-refractivity contribution is 5.73. The van der Waals surface area contributed by atoms with Crippen LogP contribution in [0.2, 0.25) is 0 Å². The number of aryl methyl sites for hydroxylation is 1. The maximum atomic E-state index is 11.8. The molecule has 1 aromatic heterocycles. The molecule has 1 aliphatic heterocycles. The van der Waals surface area contributed by atoms with Crippen LogP contribution in [0.3, 0.4) is 0 Å². The first-order chi connectivity index (χ1) is 10.0. The van der Waals surface area contributed by atoms with Gasteiger partial charge in [-0.25, -0.2) is 4.98 Å². The lowest BCUT2D eigenvalue weighted by Crippen LogP contribution is -2.40. The highest BCUT2D eigenvalue weighted by atomic mass is 16.6. The highest BCUT2D eigenvalue weighted by Crippen LogP contribution is 2.26. The van der Waals surface area contributed by atoms with Crippen LogP contribution in [-0.4, -0.2) is 35.6 Å². The van der Waals surface area contributed by atoms with E-state index in [2.05, 4.69) is 4.98 Å². The average Bonchev–Trinajstić information content (AvgIpc) is 2.47. The Balaban J connectivity index is 2.14. The van der Waals surface area contributed by atoms with Crippen LogP contribution in [0.25, 0.3) is 0 Å². The Hall–Kier alpha value is -2.18. The molecule has 0 amide bonds. The molecule has 0 aliphatic carbocycles. The zero-order valence-corrected chi connectivity index (χ0v) is 12.2. The van der Waals surface area contributed by atoms with Crippen molar-refractivity contribution in [2.45, 2.75) is 26.7 Å². The van der Waals surface area contributed by atoms with Gasteiger partial charge in [-0.2, -0.15) is 0 Å². The van der Waals surface area contributed by atoms with Gasteiger partial charge in [0.2, 0.25) is 0 Å². The molecular weight excluding hydrogens is 274 g/mol. The van der Waals surface area contributed by atoms with E-state index in [0.29, 0.717) is 19.0 Å². The number of piperidine rings is 1.